The van der Waals surface area contributed by atoms with Gasteiger partial charge in [-0.3, -0.25) is 9.59 Å². The molecule has 0 saturated carbocycles. The number of esters is 1. The van der Waals surface area contributed by atoms with Crippen LogP contribution in [0.4, 0.5) is 5.69 Å². The second kappa shape index (κ2) is 11.3. The number of methoxy groups -OCH3 is 3. The zero-order chi connectivity index (χ0) is 24.5. The zero-order valence-electron chi connectivity index (χ0n) is 19.0. The summed E-state index contributed by atoms with van der Waals surface area (Å²) in [5.41, 5.74) is 1.75. The Hall–Kier alpha value is -4.59. The second-order valence-electron chi connectivity index (χ2n) is 7.01. The first-order valence-electron chi connectivity index (χ1n) is 10.2. The largest absolute Gasteiger partial charge is 0.497 e. The highest BCUT2D eigenvalue weighted by molar-refractivity contribution is 6.11. The molecular formula is C26H24N2O6. The minimum absolute atomic E-state index is 0.0121. The third-order valence-electron chi connectivity index (χ3n) is 4.84. The van der Waals surface area contributed by atoms with Gasteiger partial charge in [0.1, 0.15) is 17.2 Å². The molecule has 3 aromatic carbocycles. The van der Waals surface area contributed by atoms with E-state index in [1.54, 1.807) is 73.8 Å². The van der Waals surface area contributed by atoms with Crippen molar-refractivity contribution in [3.63, 3.8) is 0 Å². The molecule has 3 aromatic rings. The number of carbonyl (C=O) groups excluding carboxylic acids is 3. The van der Waals surface area contributed by atoms with Crippen molar-refractivity contribution in [2.45, 2.75) is 0 Å². The summed E-state index contributed by atoms with van der Waals surface area (Å²) in [6.07, 6.45) is 1.55. The first-order valence-corrected chi connectivity index (χ1v) is 10.2. The van der Waals surface area contributed by atoms with Crippen LogP contribution >= 0.6 is 0 Å². The van der Waals surface area contributed by atoms with E-state index in [1.807, 2.05) is 0 Å². The summed E-state index contributed by atoms with van der Waals surface area (Å²) in [5, 5.41) is 5.39. The van der Waals surface area contributed by atoms with Crippen molar-refractivity contribution in [1.82, 2.24) is 5.32 Å². The third-order valence-corrected chi connectivity index (χ3v) is 4.84. The van der Waals surface area contributed by atoms with E-state index in [0.29, 0.717) is 28.3 Å². The number of hydrogen-bond donors (Lipinski definition) is 2. The molecule has 0 aliphatic rings. The Morgan fingerprint density at radius 2 is 1.47 bits per heavy atom. The van der Waals surface area contributed by atoms with Crippen LogP contribution in [0.1, 0.15) is 26.3 Å². The zero-order valence-corrected chi connectivity index (χ0v) is 19.0. The van der Waals surface area contributed by atoms with Gasteiger partial charge in [-0.25, -0.2) is 4.79 Å². The van der Waals surface area contributed by atoms with Crippen LogP contribution in [0.5, 0.6) is 11.5 Å². The van der Waals surface area contributed by atoms with Gasteiger partial charge in [-0.05, 0) is 60.2 Å². The quantitative estimate of drug-likeness (QED) is 0.390. The standard InChI is InChI=1S/C26H24N2O6/c1-32-20-14-8-17(9-15-20)16-22(28-24(29)21-6-4-5-7-23(21)33-2)25(30)27-19-12-10-18(11-13-19)26(31)34-3/h4-16H,1-3H3,(H,27,30)(H,28,29)/b22-16+. The number of carbonyl (C=O) groups is 3. The van der Waals surface area contributed by atoms with Crippen molar-refractivity contribution in [2.24, 2.45) is 0 Å². The van der Waals surface area contributed by atoms with Crippen LogP contribution in [0.25, 0.3) is 6.08 Å². The monoisotopic (exact) mass is 460 g/mol. The molecule has 0 fully saturated rings. The first kappa shape index (κ1) is 24.1. The maximum Gasteiger partial charge on any atom is 0.337 e. The summed E-state index contributed by atoms with van der Waals surface area (Å²) in [4.78, 5) is 37.7. The van der Waals surface area contributed by atoms with E-state index >= 15 is 0 Å². The lowest BCUT2D eigenvalue weighted by molar-refractivity contribution is -0.113. The highest BCUT2D eigenvalue weighted by atomic mass is 16.5. The van der Waals surface area contributed by atoms with Crippen LogP contribution in [0.15, 0.2) is 78.5 Å². The number of para-hydroxylation sites is 1. The maximum atomic E-state index is 13.1. The lowest BCUT2D eigenvalue weighted by Gasteiger charge is -2.13. The predicted molar refractivity (Wildman–Crippen MR) is 128 cm³/mol. The molecule has 0 saturated heterocycles. The molecule has 8 nitrogen and oxygen atoms in total. The summed E-state index contributed by atoms with van der Waals surface area (Å²) in [6, 6.07) is 19.9. The van der Waals surface area contributed by atoms with Gasteiger partial charge in [0.05, 0.1) is 32.5 Å². The Bertz CT molecular complexity index is 1200. The van der Waals surface area contributed by atoms with Crippen LogP contribution in [0.2, 0.25) is 0 Å². The average Bonchev–Trinajstić information content (AvgIpc) is 2.88. The Morgan fingerprint density at radius 3 is 2.09 bits per heavy atom. The van der Waals surface area contributed by atoms with Gasteiger partial charge in [-0.1, -0.05) is 24.3 Å². The van der Waals surface area contributed by atoms with Gasteiger partial charge < -0.3 is 24.8 Å². The lowest BCUT2D eigenvalue weighted by atomic mass is 10.1. The fourth-order valence-electron chi connectivity index (χ4n) is 3.05. The van der Waals surface area contributed by atoms with Crippen LogP contribution < -0.4 is 20.1 Å². The highest BCUT2D eigenvalue weighted by Gasteiger charge is 2.18. The molecule has 174 valence electrons. The van der Waals surface area contributed by atoms with Crippen molar-refractivity contribution >= 4 is 29.5 Å². The van der Waals surface area contributed by atoms with Crippen LogP contribution in [0, 0.1) is 0 Å². The van der Waals surface area contributed by atoms with Crippen molar-refractivity contribution in [1.29, 1.82) is 0 Å². The summed E-state index contributed by atoms with van der Waals surface area (Å²) in [6.45, 7) is 0. The van der Waals surface area contributed by atoms with Gasteiger partial charge >= 0.3 is 5.97 Å². The third kappa shape index (κ3) is 6.01. The van der Waals surface area contributed by atoms with Crippen LogP contribution in [-0.4, -0.2) is 39.1 Å². The minimum atomic E-state index is -0.551. The van der Waals surface area contributed by atoms with Crippen LogP contribution in [0.3, 0.4) is 0 Å². The number of ether oxygens (including phenoxy) is 3. The Labute approximate surface area is 197 Å². The highest BCUT2D eigenvalue weighted by Crippen LogP contribution is 2.19. The molecule has 0 aliphatic heterocycles. The van der Waals surface area contributed by atoms with Crippen molar-refractivity contribution in [3.8, 4) is 11.5 Å². The van der Waals surface area contributed by atoms with E-state index in [1.165, 1.54) is 26.4 Å². The topological polar surface area (TPSA) is 103 Å². The Kier molecular flexibility index (Phi) is 8.02. The molecule has 0 atom stereocenters. The smallest absolute Gasteiger partial charge is 0.337 e. The average molecular weight is 460 g/mol. The summed E-state index contributed by atoms with van der Waals surface area (Å²) in [7, 11) is 4.31. The van der Waals surface area contributed by atoms with Crippen molar-refractivity contribution < 1.29 is 28.6 Å². The number of hydrogen-bond acceptors (Lipinski definition) is 6. The molecular weight excluding hydrogens is 436 g/mol. The first-order chi connectivity index (χ1) is 16.4. The lowest BCUT2D eigenvalue weighted by Crippen LogP contribution is -2.31. The summed E-state index contributed by atoms with van der Waals surface area (Å²) < 4.78 is 15.1. The maximum absolute atomic E-state index is 13.1. The van der Waals surface area contributed by atoms with Gasteiger partial charge in [-0.2, -0.15) is 0 Å². The SMILES string of the molecule is COC(=O)c1ccc(NC(=O)/C(=C\c2ccc(OC)cc2)NC(=O)c2ccccc2OC)cc1. The van der Waals surface area contributed by atoms with Gasteiger partial charge in [0, 0.05) is 5.69 Å². The molecule has 0 unspecified atom stereocenters. The van der Waals surface area contributed by atoms with Gasteiger partial charge in [-0.15, -0.1) is 0 Å². The minimum Gasteiger partial charge on any atom is -0.497 e. The Balaban J connectivity index is 1.88. The van der Waals surface area contributed by atoms with E-state index in [9.17, 15) is 14.4 Å². The van der Waals surface area contributed by atoms with Gasteiger partial charge in [0.2, 0.25) is 0 Å². The fourth-order valence-corrected chi connectivity index (χ4v) is 3.05. The van der Waals surface area contributed by atoms with Crippen LogP contribution in [-0.2, 0) is 9.53 Å². The summed E-state index contributed by atoms with van der Waals surface area (Å²) >= 11 is 0. The van der Waals surface area contributed by atoms with Gasteiger partial charge in [0.15, 0.2) is 0 Å². The fraction of sp³-hybridized carbons (Fsp3) is 0.115. The number of rotatable bonds is 8. The number of nitrogens with one attached hydrogen (secondary N) is 2. The van der Waals surface area contributed by atoms with Gasteiger partial charge in [0.25, 0.3) is 11.8 Å². The molecule has 34 heavy (non-hydrogen) atoms. The molecule has 8 heteroatoms. The van der Waals surface area contributed by atoms with Crippen molar-refractivity contribution in [3.05, 3.63) is 95.2 Å². The molecule has 0 heterocycles. The molecule has 3 rings (SSSR count). The van der Waals surface area contributed by atoms with E-state index in [0.717, 1.165) is 0 Å². The Morgan fingerprint density at radius 1 is 0.794 bits per heavy atom. The molecule has 0 radical (unpaired) electrons. The van der Waals surface area contributed by atoms with E-state index in [-0.39, 0.29) is 11.3 Å². The van der Waals surface area contributed by atoms with Crippen molar-refractivity contribution in [2.75, 3.05) is 26.6 Å². The second-order valence-corrected chi connectivity index (χ2v) is 7.01. The number of benzene rings is 3. The molecule has 0 aliphatic carbocycles. The molecule has 0 spiro atoms. The predicted octanol–water partition coefficient (Wildman–Crippen LogP) is 3.90. The number of anilines is 1. The molecule has 2 N–H and O–H groups in total. The molecule has 2 amide bonds. The summed E-state index contributed by atoms with van der Waals surface area (Å²) in [5.74, 6) is -0.505. The number of amides is 2. The van der Waals surface area contributed by atoms with E-state index in [4.69, 9.17) is 9.47 Å². The molecule has 0 aromatic heterocycles. The van der Waals surface area contributed by atoms with E-state index in [2.05, 4.69) is 15.4 Å². The molecule has 0 bridgehead atoms. The van der Waals surface area contributed by atoms with E-state index < -0.39 is 17.8 Å². The normalized spacial score (nSPS) is 10.7.